The molecule has 2 nitrogen and oxygen atoms in total. The Labute approximate surface area is 264 Å². The van der Waals surface area contributed by atoms with Crippen molar-refractivity contribution in [1.82, 2.24) is 0 Å². The number of benzene rings is 8. The van der Waals surface area contributed by atoms with Crippen LogP contribution >= 0.6 is 0 Å². The molecule has 0 radical (unpaired) electrons. The van der Waals surface area contributed by atoms with Crippen LogP contribution in [0.2, 0.25) is 0 Å². The maximum Gasteiger partial charge on any atom is 0.136 e. The summed E-state index contributed by atoms with van der Waals surface area (Å²) < 4.78 is 12.5. The van der Waals surface area contributed by atoms with Crippen molar-refractivity contribution in [2.45, 2.75) is 0 Å². The van der Waals surface area contributed by atoms with Crippen LogP contribution in [0, 0.1) is 0 Å². The Balaban J connectivity index is 1.20. The Morgan fingerprint density at radius 2 is 0.957 bits per heavy atom. The molecule has 10 aromatic rings. The topological polar surface area (TPSA) is 26.3 Å². The van der Waals surface area contributed by atoms with Gasteiger partial charge in [-0.3, -0.25) is 0 Å². The summed E-state index contributed by atoms with van der Waals surface area (Å²) >= 11 is 0. The molecule has 0 unspecified atom stereocenters. The van der Waals surface area contributed by atoms with Crippen molar-refractivity contribution in [2.75, 3.05) is 0 Å². The highest BCUT2D eigenvalue weighted by Crippen LogP contribution is 2.46. The van der Waals surface area contributed by atoms with Crippen molar-refractivity contribution in [2.24, 2.45) is 0 Å². The number of fused-ring (bicyclic) bond motifs is 7. The van der Waals surface area contributed by atoms with E-state index in [4.69, 9.17) is 8.83 Å². The molecule has 0 spiro atoms. The van der Waals surface area contributed by atoms with E-state index in [0.29, 0.717) is 0 Å². The Bertz CT molecular complexity index is 2740. The largest absolute Gasteiger partial charge is 0.464 e. The molecule has 2 heterocycles. The van der Waals surface area contributed by atoms with Gasteiger partial charge in [-0.2, -0.15) is 0 Å². The van der Waals surface area contributed by atoms with Gasteiger partial charge in [-0.05, 0) is 91.0 Å². The highest BCUT2D eigenvalue weighted by atomic mass is 16.3. The van der Waals surface area contributed by atoms with Gasteiger partial charge < -0.3 is 8.83 Å². The molecule has 0 saturated carbocycles. The molecule has 46 heavy (non-hydrogen) atoms. The van der Waals surface area contributed by atoms with Crippen molar-refractivity contribution in [1.29, 1.82) is 0 Å². The number of hydrogen-bond acceptors (Lipinski definition) is 2. The predicted molar refractivity (Wildman–Crippen MR) is 192 cm³/mol. The first-order valence-corrected chi connectivity index (χ1v) is 15.7. The summed E-state index contributed by atoms with van der Waals surface area (Å²) in [6, 6.07) is 54.1. The quantitative estimate of drug-likeness (QED) is 0.193. The van der Waals surface area contributed by atoms with E-state index in [-0.39, 0.29) is 0 Å². The molecular weight excluding hydrogens is 560 g/mol. The van der Waals surface area contributed by atoms with Crippen molar-refractivity contribution < 1.29 is 8.83 Å². The molecule has 0 amide bonds. The van der Waals surface area contributed by atoms with E-state index in [2.05, 4.69) is 133 Å². The smallest absolute Gasteiger partial charge is 0.136 e. The summed E-state index contributed by atoms with van der Waals surface area (Å²) in [5, 5.41) is 10.6. The minimum atomic E-state index is 0.902. The van der Waals surface area contributed by atoms with Crippen LogP contribution in [0.15, 0.2) is 167 Å². The molecule has 0 aliphatic carbocycles. The molecule has 0 N–H and O–H groups in total. The Hall–Kier alpha value is -6.12. The average Bonchev–Trinajstić information content (AvgIpc) is 3.70. The van der Waals surface area contributed by atoms with Crippen molar-refractivity contribution in [3.63, 3.8) is 0 Å². The van der Waals surface area contributed by atoms with Crippen LogP contribution in [0.25, 0.3) is 98.6 Å². The molecule has 2 heteroatoms. The van der Waals surface area contributed by atoms with E-state index < -0.39 is 0 Å². The third kappa shape index (κ3) is 3.71. The first-order chi connectivity index (χ1) is 22.8. The van der Waals surface area contributed by atoms with Crippen LogP contribution in [0.4, 0.5) is 0 Å². The number of hydrogen-bond donors (Lipinski definition) is 0. The maximum absolute atomic E-state index is 6.42. The Kier molecular flexibility index (Phi) is 5.31. The standard InChI is InChI=1S/C44H26O2/c1-2-10-27(11-3-1)28-20-21-33-38-23-31-22-30(19-18-29(31)25-42(38)46-41(33)24-28)43-34-13-4-6-15-36(34)44(37-16-7-5-14-35(37)43)39-26-45-40-17-9-8-12-32(39)40/h1-26H. The first-order valence-electron chi connectivity index (χ1n) is 15.7. The van der Waals surface area contributed by atoms with Crippen LogP contribution in [0.5, 0.6) is 0 Å². The molecule has 2 aromatic heterocycles. The third-order valence-electron chi connectivity index (χ3n) is 9.51. The zero-order chi connectivity index (χ0) is 30.2. The normalized spacial score (nSPS) is 11.9. The molecular formula is C44H26O2. The lowest BCUT2D eigenvalue weighted by Crippen LogP contribution is -1.90. The van der Waals surface area contributed by atoms with Crippen LogP contribution < -0.4 is 0 Å². The highest BCUT2D eigenvalue weighted by Gasteiger charge is 2.19. The number of furan rings is 2. The minimum Gasteiger partial charge on any atom is -0.464 e. The molecule has 0 aliphatic heterocycles. The van der Waals surface area contributed by atoms with E-state index in [1.807, 2.05) is 24.5 Å². The van der Waals surface area contributed by atoms with Gasteiger partial charge in [-0.25, -0.2) is 0 Å². The van der Waals surface area contributed by atoms with Crippen LogP contribution in [0.3, 0.4) is 0 Å². The molecule has 0 fully saturated rings. The van der Waals surface area contributed by atoms with E-state index >= 15 is 0 Å². The van der Waals surface area contributed by atoms with Gasteiger partial charge in [-0.1, -0.05) is 115 Å². The van der Waals surface area contributed by atoms with Gasteiger partial charge in [0.2, 0.25) is 0 Å². The fourth-order valence-electron chi connectivity index (χ4n) is 7.39. The summed E-state index contributed by atoms with van der Waals surface area (Å²) in [6.07, 6.45) is 1.91. The predicted octanol–water partition coefficient (Wildman–Crippen LogP) is 12.8. The fraction of sp³-hybridized carbons (Fsp3) is 0. The highest BCUT2D eigenvalue weighted by molar-refractivity contribution is 6.23. The fourth-order valence-corrected chi connectivity index (χ4v) is 7.39. The molecule has 10 rings (SSSR count). The minimum absolute atomic E-state index is 0.902. The Morgan fingerprint density at radius 1 is 0.326 bits per heavy atom. The van der Waals surface area contributed by atoms with Crippen molar-refractivity contribution >= 4 is 65.2 Å². The number of rotatable bonds is 3. The zero-order valence-electron chi connectivity index (χ0n) is 24.8. The number of para-hydroxylation sites is 1. The van der Waals surface area contributed by atoms with E-state index in [1.165, 1.54) is 49.2 Å². The summed E-state index contributed by atoms with van der Waals surface area (Å²) in [5.74, 6) is 0. The molecule has 0 saturated heterocycles. The molecule has 0 bridgehead atoms. The lowest BCUT2D eigenvalue weighted by Gasteiger charge is -2.17. The lowest BCUT2D eigenvalue weighted by atomic mass is 9.85. The van der Waals surface area contributed by atoms with Crippen LogP contribution in [0.1, 0.15) is 0 Å². The lowest BCUT2D eigenvalue weighted by molar-refractivity contribution is 0.617. The van der Waals surface area contributed by atoms with Gasteiger partial charge in [0.25, 0.3) is 0 Å². The molecule has 8 aromatic carbocycles. The van der Waals surface area contributed by atoms with Gasteiger partial charge in [0.05, 0.1) is 6.26 Å². The second-order valence-corrected chi connectivity index (χ2v) is 12.1. The van der Waals surface area contributed by atoms with Gasteiger partial charge in [0, 0.05) is 27.3 Å². The van der Waals surface area contributed by atoms with Crippen molar-refractivity contribution in [3.8, 4) is 33.4 Å². The SMILES string of the molecule is c1ccc(-c2ccc3c(c2)oc2cc4ccc(-c5c6ccccc6c(-c6coc7ccccc67)c6ccccc56)cc4cc23)cc1. The van der Waals surface area contributed by atoms with Crippen LogP contribution in [-0.4, -0.2) is 0 Å². The van der Waals surface area contributed by atoms with E-state index in [1.54, 1.807) is 0 Å². The second-order valence-electron chi connectivity index (χ2n) is 12.1. The van der Waals surface area contributed by atoms with Gasteiger partial charge in [0.1, 0.15) is 16.7 Å². The van der Waals surface area contributed by atoms with E-state index in [9.17, 15) is 0 Å². The molecule has 0 aliphatic rings. The monoisotopic (exact) mass is 586 g/mol. The maximum atomic E-state index is 6.42. The summed E-state index contributed by atoms with van der Waals surface area (Å²) in [7, 11) is 0. The average molecular weight is 587 g/mol. The van der Waals surface area contributed by atoms with Gasteiger partial charge in [0.15, 0.2) is 0 Å². The summed E-state index contributed by atoms with van der Waals surface area (Å²) in [6.45, 7) is 0. The van der Waals surface area contributed by atoms with Gasteiger partial charge >= 0.3 is 0 Å². The zero-order valence-corrected chi connectivity index (χ0v) is 24.8. The van der Waals surface area contributed by atoms with Gasteiger partial charge in [-0.15, -0.1) is 0 Å². The Morgan fingerprint density at radius 3 is 1.72 bits per heavy atom. The first kappa shape index (κ1) is 25.2. The van der Waals surface area contributed by atoms with E-state index in [0.717, 1.165) is 49.4 Å². The third-order valence-corrected chi connectivity index (χ3v) is 9.51. The van der Waals surface area contributed by atoms with Crippen molar-refractivity contribution in [3.05, 3.63) is 158 Å². The second kappa shape index (κ2) is 9.69. The molecule has 214 valence electrons. The molecule has 0 atom stereocenters. The summed E-state index contributed by atoms with van der Waals surface area (Å²) in [5.41, 5.74) is 9.84. The van der Waals surface area contributed by atoms with Crippen LogP contribution in [-0.2, 0) is 0 Å². The summed E-state index contributed by atoms with van der Waals surface area (Å²) in [4.78, 5) is 0.